The SMILES string of the molecule is Cc1cc(C)c2c(CC(=O)N[C@@H]3[C@@H](N)[C@H]4CCO[C@H]43)coc2c1C. The number of aryl methyl sites for hydroxylation is 3. The molecule has 1 aromatic carbocycles. The molecule has 1 aliphatic heterocycles. The van der Waals surface area contributed by atoms with Crippen LogP contribution in [0, 0.1) is 26.7 Å². The Morgan fingerprint density at radius 3 is 2.92 bits per heavy atom. The number of carbonyl (C=O) groups excluding carboxylic acids is 1. The fourth-order valence-electron chi connectivity index (χ4n) is 4.25. The van der Waals surface area contributed by atoms with Crippen molar-refractivity contribution in [3.63, 3.8) is 0 Å². The van der Waals surface area contributed by atoms with E-state index < -0.39 is 0 Å². The van der Waals surface area contributed by atoms with E-state index in [0.717, 1.165) is 40.7 Å². The van der Waals surface area contributed by atoms with Crippen molar-refractivity contribution in [3.8, 4) is 0 Å². The molecule has 0 radical (unpaired) electrons. The molecular formula is C19H24N2O3. The fraction of sp³-hybridized carbons (Fsp3) is 0.526. The molecule has 5 heteroatoms. The Labute approximate surface area is 141 Å². The Bertz CT molecular complexity index is 811. The van der Waals surface area contributed by atoms with Crippen LogP contribution in [0.25, 0.3) is 11.0 Å². The molecular weight excluding hydrogens is 304 g/mol. The summed E-state index contributed by atoms with van der Waals surface area (Å²) in [7, 11) is 0. The lowest BCUT2D eigenvalue weighted by atomic mass is 9.72. The lowest BCUT2D eigenvalue weighted by Crippen LogP contribution is -2.69. The van der Waals surface area contributed by atoms with Crippen molar-refractivity contribution in [3.05, 3.63) is 34.6 Å². The third-order valence-corrected chi connectivity index (χ3v) is 5.75. The summed E-state index contributed by atoms with van der Waals surface area (Å²) in [4.78, 5) is 12.5. The number of nitrogens with one attached hydrogen (secondary N) is 1. The Hall–Kier alpha value is -1.85. The first-order chi connectivity index (χ1) is 11.5. The van der Waals surface area contributed by atoms with Crippen molar-refractivity contribution < 1.29 is 13.9 Å². The van der Waals surface area contributed by atoms with Crippen LogP contribution in [0.15, 0.2) is 16.7 Å². The van der Waals surface area contributed by atoms with Crippen molar-refractivity contribution in [2.24, 2.45) is 11.7 Å². The number of ether oxygens (including phenoxy) is 1. The molecule has 0 bridgehead atoms. The van der Waals surface area contributed by atoms with Gasteiger partial charge in [-0.05, 0) is 43.9 Å². The highest BCUT2D eigenvalue weighted by atomic mass is 16.5. The molecule has 4 atom stereocenters. The van der Waals surface area contributed by atoms with Crippen LogP contribution in [0.3, 0.4) is 0 Å². The maximum absolute atomic E-state index is 12.5. The van der Waals surface area contributed by atoms with E-state index in [1.54, 1.807) is 6.26 Å². The van der Waals surface area contributed by atoms with E-state index in [4.69, 9.17) is 14.9 Å². The molecule has 1 aromatic heterocycles. The third kappa shape index (κ3) is 2.26. The van der Waals surface area contributed by atoms with Crippen molar-refractivity contribution in [1.29, 1.82) is 0 Å². The number of hydrogen-bond donors (Lipinski definition) is 2. The molecule has 1 saturated heterocycles. The summed E-state index contributed by atoms with van der Waals surface area (Å²) in [6.07, 6.45) is 3.11. The van der Waals surface area contributed by atoms with Crippen LogP contribution in [0.5, 0.6) is 0 Å². The second-order valence-corrected chi connectivity index (χ2v) is 7.24. The minimum Gasteiger partial charge on any atom is -0.464 e. The highest BCUT2D eigenvalue weighted by molar-refractivity contribution is 5.92. The zero-order valence-corrected chi connectivity index (χ0v) is 14.4. The normalized spacial score (nSPS) is 28.7. The van der Waals surface area contributed by atoms with E-state index >= 15 is 0 Å². The van der Waals surface area contributed by atoms with E-state index in [1.165, 1.54) is 5.56 Å². The first-order valence-corrected chi connectivity index (χ1v) is 8.61. The summed E-state index contributed by atoms with van der Waals surface area (Å²) >= 11 is 0. The van der Waals surface area contributed by atoms with Gasteiger partial charge < -0.3 is 20.2 Å². The summed E-state index contributed by atoms with van der Waals surface area (Å²) < 4.78 is 11.4. The Morgan fingerprint density at radius 1 is 1.33 bits per heavy atom. The van der Waals surface area contributed by atoms with Gasteiger partial charge in [-0.2, -0.15) is 0 Å². The van der Waals surface area contributed by atoms with Crippen LogP contribution in [0.1, 0.15) is 28.7 Å². The number of rotatable bonds is 3. The zero-order valence-electron chi connectivity index (χ0n) is 14.4. The molecule has 1 aliphatic carbocycles. The van der Waals surface area contributed by atoms with Crippen molar-refractivity contribution in [2.75, 3.05) is 6.61 Å². The number of nitrogens with two attached hydrogens (primary N) is 1. The molecule has 0 spiro atoms. The van der Waals surface area contributed by atoms with E-state index in [2.05, 4.69) is 32.2 Å². The maximum Gasteiger partial charge on any atom is 0.224 e. The topological polar surface area (TPSA) is 77.5 Å². The Kier molecular flexibility index (Phi) is 3.66. The van der Waals surface area contributed by atoms with E-state index in [-0.39, 0.29) is 24.1 Å². The standard InChI is InChI=1S/C19H24N2O3/c1-9-6-10(2)15-12(8-24-18(15)11(9)3)7-14(22)21-17-16(20)13-4-5-23-19(13)17/h6,8,13,16-17,19H,4-5,7,20H2,1-3H3,(H,21,22)/t13-,16+,17-,19-/m1/s1. The largest absolute Gasteiger partial charge is 0.464 e. The maximum atomic E-state index is 12.5. The molecule has 3 N–H and O–H groups in total. The average molecular weight is 328 g/mol. The number of carbonyl (C=O) groups is 1. The lowest BCUT2D eigenvalue weighted by molar-refractivity contribution is -0.125. The minimum atomic E-state index is -0.0618. The Morgan fingerprint density at radius 2 is 2.12 bits per heavy atom. The molecule has 2 fully saturated rings. The molecule has 0 unspecified atom stereocenters. The first-order valence-electron chi connectivity index (χ1n) is 8.61. The third-order valence-electron chi connectivity index (χ3n) is 5.75. The van der Waals surface area contributed by atoms with Gasteiger partial charge in [0.2, 0.25) is 5.91 Å². The summed E-state index contributed by atoms with van der Waals surface area (Å²) in [6.45, 7) is 6.94. The van der Waals surface area contributed by atoms with Crippen LogP contribution < -0.4 is 11.1 Å². The van der Waals surface area contributed by atoms with Crippen LogP contribution in [0.4, 0.5) is 0 Å². The summed E-state index contributed by atoms with van der Waals surface area (Å²) in [6, 6.07) is 2.09. The quantitative estimate of drug-likeness (QED) is 0.905. The average Bonchev–Trinajstić information content (AvgIpc) is 3.15. The second-order valence-electron chi connectivity index (χ2n) is 7.24. The van der Waals surface area contributed by atoms with Crippen LogP contribution >= 0.6 is 0 Å². The van der Waals surface area contributed by atoms with Gasteiger partial charge in [0.25, 0.3) is 0 Å². The smallest absolute Gasteiger partial charge is 0.224 e. The number of amides is 1. The summed E-state index contributed by atoms with van der Waals surface area (Å²) in [5.74, 6) is 0.377. The van der Waals surface area contributed by atoms with Gasteiger partial charge >= 0.3 is 0 Å². The second kappa shape index (κ2) is 5.60. The summed E-state index contributed by atoms with van der Waals surface area (Å²) in [5.41, 5.74) is 11.5. The number of benzene rings is 1. The van der Waals surface area contributed by atoms with Gasteiger partial charge in [0.05, 0.1) is 24.8 Å². The van der Waals surface area contributed by atoms with Gasteiger partial charge in [0.1, 0.15) is 5.58 Å². The minimum absolute atomic E-state index is 0.00849. The molecule has 1 saturated carbocycles. The van der Waals surface area contributed by atoms with E-state index in [9.17, 15) is 4.79 Å². The molecule has 4 rings (SSSR count). The molecule has 2 heterocycles. The predicted molar refractivity (Wildman–Crippen MR) is 91.9 cm³/mol. The number of furan rings is 1. The molecule has 2 aromatic rings. The molecule has 128 valence electrons. The number of fused-ring (bicyclic) bond motifs is 2. The summed E-state index contributed by atoms with van der Waals surface area (Å²) in [5, 5.41) is 4.11. The van der Waals surface area contributed by atoms with Crippen molar-refractivity contribution >= 4 is 16.9 Å². The van der Waals surface area contributed by atoms with Gasteiger partial charge in [0.15, 0.2) is 0 Å². The van der Waals surface area contributed by atoms with Gasteiger partial charge in [-0.3, -0.25) is 4.79 Å². The van der Waals surface area contributed by atoms with Crippen LogP contribution in [-0.2, 0) is 16.0 Å². The lowest BCUT2D eigenvalue weighted by Gasteiger charge is -2.45. The van der Waals surface area contributed by atoms with Gasteiger partial charge in [-0.15, -0.1) is 0 Å². The van der Waals surface area contributed by atoms with E-state index in [0.29, 0.717) is 12.3 Å². The molecule has 24 heavy (non-hydrogen) atoms. The van der Waals surface area contributed by atoms with Crippen LogP contribution in [0.2, 0.25) is 0 Å². The van der Waals surface area contributed by atoms with E-state index in [1.807, 2.05) is 0 Å². The number of hydrogen-bond acceptors (Lipinski definition) is 4. The Balaban J connectivity index is 1.52. The molecule has 1 amide bonds. The predicted octanol–water partition coefficient (Wildman–Crippen LogP) is 2.13. The molecule has 2 aliphatic rings. The van der Waals surface area contributed by atoms with Crippen molar-refractivity contribution in [2.45, 2.75) is 51.8 Å². The van der Waals surface area contributed by atoms with Gasteiger partial charge in [-0.1, -0.05) is 6.07 Å². The van der Waals surface area contributed by atoms with Crippen LogP contribution in [-0.4, -0.2) is 30.7 Å². The monoisotopic (exact) mass is 328 g/mol. The van der Waals surface area contributed by atoms with Gasteiger partial charge in [0, 0.05) is 29.5 Å². The highest BCUT2D eigenvalue weighted by Crippen LogP contribution is 2.38. The fourth-order valence-corrected chi connectivity index (χ4v) is 4.25. The van der Waals surface area contributed by atoms with Crippen molar-refractivity contribution in [1.82, 2.24) is 5.32 Å². The first kappa shape index (κ1) is 15.7. The molecule has 5 nitrogen and oxygen atoms in total. The highest BCUT2D eigenvalue weighted by Gasteiger charge is 2.52. The van der Waals surface area contributed by atoms with Gasteiger partial charge in [-0.25, -0.2) is 0 Å². The zero-order chi connectivity index (χ0) is 17.0.